The van der Waals surface area contributed by atoms with Crippen LogP contribution in [-0.4, -0.2) is 43.7 Å². The van der Waals surface area contributed by atoms with E-state index in [4.69, 9.17) is 9.15 Å². The van der Waals surface area contributed by atoms with Crippen LogP contribution in [0.3, 0.4) is 0 Å². The Morgan fingerprint density at radius 3 is 2.85 bits per heavy atom. The van der Waals surface area contributed by atoms with Gasteiger partial charge in [0, 0.05) is 26.2 Å². The number of carbonyl (C=O) groups is 1. The number of nitrogens with zero attached hydrogens (tertiary/aromatic N) is 1. The zero-order valence-corrected chi connectivity index (χ0v) is 12.3. The number of furan rings is 1. The highest BCUT2D eigenvalue weighted by atomic mass is 16.5. The maximum atomic E-state index is 11.7. The van der Waals surface area contributed by atoms with Crippen LogP contribution in [-0.2, 0) is 9.53 Å². The van der Waals surface area contributed by atoms with Crippen molar-refractivity contribution in [2.75, 3.05) is 26.8 Å². The Morgan fingerprint density at radius 1 is 1.55 bits per heavy atom. The fraction of sp³-hybridized carbons (Fsp3) is 0.667. The van der Waals surface area contributed by atoms with Crippen molar-refractivity contribution in [1.29, 1.82) is 0 Å². The van der Waals surface area contributed by atoms with Gasteiger partial charge in [0.05, 0.1) is 12.3 Å². The SMILES string of the molecule is CCC(NC1CCN(C(=O)COC)CC1)c1ccco1. The molecule has 2 rings (SSSR count). The third kappa shape index (κ3) is 3.84. The van der Waals surface area contributed by atoms with Crippen LogP contribution in [0.5, 0.6) is 0 Å². The highest BCUT2D eigenvalue weighted by Crippen LogP contribution is 2.20. The molecular weight excluding hydrogens is 256 g/mol. The number of nitrogens with one attached hydrogen (secondary N) is 1. The van der Waals surface area contributed by atoms with Crippen molar-refractivity contribution < 1.29 is 13.9 Å². The smallest absolute Gasteiger partial charge is 0.248 e. The van der Waals surface area contributed by atoms with E-state index < -0.39 is 0 Å². The van der Waals surface area contributed by atoms with Crippen molar-refractivity contribution in [3.8, 4) is 0 Å². The molecule has 0 spiro atoms. The number of methoxy groups -OCH3 is 1. The van der Waals surface area contributed by atoms with Gasteiger partial charge in [-0.25, -0.2) is 0 Å². The Morgan fingerprint density at radius 2 is 2.30 bits per heavy atom. The summed E-state index contributed by atoms with van der Waals surface area (Å²) in [6, 6.07) is 4.64. The molecule has 1 unspecified atom stereocenters. The molecule has 1 aromatic rings. The zero-order chi connectivity index (χ0) is 14.4. The molecule has 2 heterocycles. The van der Waals surface area contributed by atoms with Gasteiger partial charge in [-0.15, -0.1) is 0 Å². The summed E-state index contributed by atoms with van der Waals surface area (Å²) in [6.45, 7) is 3.93. The van der Waals surface area contributed by atoms with E-state index in [2.05, 4.69) is 12.2 Å². The molecule has 112 valence electrons. The van der Waals surface area contributed by atoms with E-state index >= 15 is 0 Å². The van der Waals surface area contributed by atoms with Gasteiger partial charge in [0.1, 0.15) is 12.4 Å². The second kappa shape index (κ2) is 7.45. The topological polar surface area (TPSA) is 54.7 Å². The van der Waals surface area contributed by atoms with Crippen molar-refractivity contribution in [2.24, 2.45) is 0 Å². The summed E-state index contributed by atoms with van der Waals surface area (Å²) < 4.78 is 10.4. The maximum Gasteiger partial charge on any atom is 0.248 e. The van der Waals surface area contributed by atoms with Gasteiger partial charge in [-0.05, 0) is 31.4 Å². The lowest BCUT2D eigenvalue weighted by Gasteiger charge is -2.34. The summed E-state index contributed by atoms with van der Waals surface area (Å²) in [5, 5.41) is 3.64. The van der Waals surface area contributed by atoms with Crippen LogP contribution in [0.1, 0.15) is 38.0 Å². The molecule has 1 aromatic heterocycles. The molecule has 0 bridgehead atoms. The Hall–Kier alpha value is -1.33. The molecule has 1 fully saturated rings. The predicted molar refractivity (Wildman–Crippen MR) is 76.4 cm³/mol. The molecule has 5 nitrogen and oxygen atoms in total. The lowest BCUT2D eigenvalue weighted by Crippen LogP contribution is -2.46. The van der Waals surface area contributed by atoms with Gasteiger partial charge in [-0.1, -0.05) is 6.92 Å². The molecule has 1 amide bonds. The molecule has 5 heteroatoms. The van der Waals surface area contributed by atoms with Crippen molar-refractivity contribution >= 4 is 5.91 Å². The maximum absolute atomic E-state index is 11.7. The summed E-state index contributed by atoms with van der Waals surface area (Å²) >= 11 is 0. The highest BCUT2D eigenvalue weighted by Gasteiger charge is 2.24. The van der Waals surface area contributed by atoms with Crippen LogP contribution in [0.15, 0.2) is 22.8 Å². The normalized spacial score (nSPS) is 18.2. The molecule has 1 atom stereocenters. The fourth-order valence-electron chi connectivity index (χ4n) is 2.69. The minimum absolute atomic E-state index is 0.0871. The Bertz CT molecular complexity index is 397. The van der Waals surface area contributed by atoms with E-state index in [1.165, 1.54) is 0 Å². The largest absolute Gasteiger partial charge is 0.468 e. The first kappa shape index (κ1) is 15.1. The fourth-order valence-corrected chi connectivity index (χ4v) is 2.69. The van der Waals surface area contributed by atoms with Crippen molar-refractivity contribution in [3.63, 3.8) is 0 Å². The summed E-state index contributed by atoms with van der Waals surface area (Å²) in [4.78, 5) is 13.6. The quantitative estimate of drug-likeness (QED) is 0.865. The lowest BCUT2D eigenvalue weighted by atomic mass is 10.0. The van der Waals surface area contributed by atoms with Crippen molar-refractivity contribution in [1.82, 2.24) is 10.2 Å². The zero-order valence-electron chi connectivity index (χ0n) is 12.3. The van der Waals surface area contributed by atoms with Gasteiger partial charge < -0.3 is 19.4 Å². The second-order valence-electron chi connectivity index (χ2n) is 5.23. The van der Waals surface area contributed by atoms with Crippen LogP contribution in [0, 0.1) is 0 Å². The van der Waals surface area contributed by atoms with Gasteiger partial charge in [0.2, 0.25) is 5.91 Å². The molecule has 1 saturated heterocycles. The van der Waals surface area contributed by atoms with E-state index in [1.54, 1.807) is 13.4 Å². The van der Waals surface area contributed by atoms with Gasteiger partial charge in [-0.2, -0.15) is 0 Å². The number of carbonyl (C=O) groups excluding carboxylic acids is 1. The van der Waals surface area contributed by atoms with Crippen LogP contribution in [0.2, 0.25) is 0 Å². The molecule has 20 heavy (non-hydrogen) atoms. The molecule has 1 aliphatic rings. The van der Waals surface area contributed by atoms with E-state index in [-0.39, 0.29) is 18.6 Å². The number of ether oxygens (including phenoxy) is 1. The Labute approximate surface area is 120 Å². The number of piperidine rings is 1. The van der Waals surface area contributed by atoms with Crippen molar-refractivity contribution in [2.45, 2.75) is 38.3 Å². The average Bonchev–Trinajstić information content (AvgIpc) is 2.99. The first-order valence-corrected chi connectivity index (χ1v) is 7.30. The first-order valence-electron chi connectivity index (χ1n) is 7.30. The molecule has 1 N–H and O–H groups in total. The van der Waals surface area contributed by atoms with E-state index in [0.717, 1.165) is 38.1 Å². The van der Waals surface area contributed by atoms with Crippen LogP contribution in [0.25, 0.3) is 0 Å². The number of amides is 1. The molecule has 0 aromatic carbocycles. The minimum Gasteiger partial charge on any atom is -0.468 e. The van der Waals surface area contributed by atoms with Gasteiger partial charge in [-0.3, -0.25) is 4.79 Å². The molecular formula is C15H24N2O3. The van der Waals surface area contributed by atoms with E-state index in [0.29, 0.717) is 6.04 Å². The second-order valence-corrected chi connectivity index (χ2v) is 5.23. The number of hydrogen-bond donors (Lipinski definition) is 1. The number of likely N-dealkylation sites (tertiary alicyclic amines) is 1. The molecule has 0 saturated carbocycles. The van der Waals surface area contributed by atoms with Crippen molar-refractivity contribution in [3.05, 3.63) is 24.2 Å². The Kier molecular flexibility index (Phi) is 5.61. The van der Waals surface area contributed by atoms with Crippen LogP contribution in [0.4, 0.5) is 0 Å². The third-order valence-corrected chi connectivity index (χ3v) is 3.85. The van der Waals surface area contributed by atoms with Crippen LogP contribution < -0.4 is 5.32 Å². The summed E-state index contributed by atoms with van der Waals surface area (Å²) in [5.74, 6) is 1.08. The molecule has 0 radical (unpaired) electrons. The standard InChI is InChI=1S/C15H24N2O3/c1-3-13(14-5-4-10-20-14)16-12-6-8-17(9-7-12)15(18)11-19-2/h4-5,10,12-13,16H,3,6-9,11H2,1-2H3. The Balaban J connectivity index is 1.80. The number of hydrogen-bond acceptors (Lipinski definition) is 4. The van der Waals surface area contributed by atoms with Crippen LogP contribution >= 0.6 is 0 Å². The average molecular weight is 280 g/mol. The monoisotopic (exact) mass is 280 g/mol. The minimum atomic E-state index is 0.0871. The third-order valence-electron chi connectivity index (χ3n) is 3.85. The van der Waals surface area contributed by atoms with Gasteiger partial charge in [0.25, 0.3) is 0 Å². The van der Waals surface area contributed by atoms with E-state index in [1.807, 2.05) is 17.0 Å². The predicted octanol–water partition coefficient (Wildman–Crippen LogP) is 1.96. The summed E-state index contributed by atoms with van der Waals surface area (Å²) in [7, 11) is 1.56. The first-order chi connectivity index (χ1) is 9.74. The highest BCUT2D eigenvalue weighted by molar-refractivity contribution is 5.77. The lowest BCUT2D eigenvalue weighted by molar-refractivity contribution is -0.136. The molecule has 1 aliphatic heterocycles. The number of rotatable bonds is 6. The molecule has 0 aliphatic carbocycles. The van der Waals surface area contributed by atoms with E-state index in [9.17, 15) is 4.79 Å². The summed E-state index contributed by atoms with van der Waals surface area (Å²) in [5.41, 5.74) is 0. The van der Waals surface area contributed by atoms with Gasteiger partial charge >= 0.3 is 0 Å². The summed E-state index contributed by atoms with van der Waals surface area (Å²) in [6.07, 6.45) is 4.67. The van der Waals surface area contributed by atoms with Gasteiger partial charge in [0.15, 0.2) is 0 Å².